The normalized spacial score (nSPS) is 9.40. The standard InChI is InChI=1S/C5H8N4O/c1-9(6)5(10)4-2-7-3-8-4/h2-3H,6H2,1H3,(H,7,8). The Kier molecular flexibility index (Phi) is 1.68. The molecule has 3 N–H and O–H groups in total. The van der Waals surface area contributed by atoms with Crippen LogP contribution in [0.1, 0.15) is 10.5 Å². The van der Waals surface area contributed by atoms with E-state index in [0.29, 0.717) is 5.69 Å². The van der Waals surface area contributed by atoms with E-state index >= 15 is 0 Å². The van der Waals surface area contributed by atoms with E-state index in [-0.39, 0.29) is 5.91 Å². The van der Waals surface area contributed by atoms with Gasteiger partial charge in [0.2, 0.25) is 0 Å². The van der Waals surface area contributed by atoms with Gasteiger partial charge in [-0.3, -0.25) is 9.80 Å². The highest BCUT2D eigenvalue weighted by molar-refractivity contribution is 5.91. The molecule has 10 heavy (non-hydrogen) atoms. The number of hydrazine groups is 1. The van der Waals surface area contributed by atoms with Crippen LogP contribution in [0, 0.1) is 0 Å². The maximum Gasteiger partial charge on any atom is 0.285 e. The Labute approximate surface area is 57.8 Å². The summed E-state index contributed by atoms with van der Waals surface area (Å²) in [5, 5.41) is 0.994. The summed E-state index contributed by atoms with van der Waals surface area (Å²) in [4.78, 5) is 17.2. The third-order valence-electron chi connectivity index (χ3n) is 1.05. The molecule has 0 saturated heterocycles. The lowest BCUT2D eigenvalue weighted by Gasteiger charge is -2.06. The fourth-order valence-electron chi connectivity index (χ4n) is 0.563. The Bertz CT molecular complexity index is 216. The lowest BCUT2D eigenvalue weighted by atomic mass is 10.4. The molecule has 5 heteroatoms. The van der Waals surface area contributed by atoms with Crippen LogP contribution in [0.4, 0.5) is 0 Å². The number of rotatable bonds is 1. The fraction of sp³-hybridized carbons (Fsp3) is 0.200. The summed E-state index contributed by atoms with van der Waals surface area (Å²) in [5.41, 5.74) is 0.394. The van der Waals surface area contributed by atoms with Gasteiger partial charge in [-0.2, -0.15) is 0 Å². The van der Waals surface area contributed by atoms with Gasteiger partial charge in [-0.1, -0.05) is 0 Å². The first-order valence-corrected chi connectivity index (χ1v) is 2.73. The first-order valence-electron chi connectivity index (χ1n) is 2.73. The monoisotopic (exact) mass is 140 g/mol. The molecule has 0 aliphatic carbocycles. The maximum absolute atomic E-state index is 10.9. The molecule has 1 amide bonds. The molecular weight excluding hydrogens is 132 g/mol. The van der Waals surface area contributed by atoms with Crippen molar-refractivity contribution in [2.24, 2.45) is 5.84 Å². The molecule has 0 radical (unpaired) electrons. The molecule has 0 fully saturated rings. The Morgan fingerprint density at radius 3 is 3.00 bits per heavy atom. The molecule has 5 nitrogen and oxygen atoms in total. The van der Waals surface area contributed by atoms with Crippen molar-refractivity contribution in [2.75, 3.05) is 7.05 Å². The van der Waals surface area contributed by atoms with E-state index in [4.69, 9.17) is 5.84 Å². The molecule has 0 unspecified atom stereocenters. The smallest absolute Gasteiger partial charge is 0.285 e. The van der Waals surface area contributed by atoms with E-state index < -0.39 is 0 Å². The topological polar surface area (TPSA) is 75.0 Å². The van der Waals surface area contributed by atoms with Crippen LogP contribution in [-0.2, 0) is 0 Å². The maximum atomic E-state index is 10.9. The van der Waals surface area contributed by atoms with Gasteiger partial charge in [-0.25, -0.2) is 10.8 Å². The number of nitrogens with two attached hydrogens (primary N) is 1. The Balaban J connectivity index is 2.78. The molecule has 54 valence electrons. The van der Waals surface area contributed by atoms with Crippen molar-refractivity contribution in [3.63, 3.8) is 0 Å². The number of nitrogens with zero attached hydrogens (tertiary/aromatic N) is 2. The number of carbonyl (C=O) groups is 1. The quantitative estimate of drug-likeness (QED) is 0.309. The molecule has 0 bridgehead atoms. The third-order valence-corrected chi connectivity index (χ3v) is 1.05. The molecule has 1 rings (SSSR count). The number of nitrogens with one attached hydrogen (secondary N) is 1. The Hall–Kier alpha value is -1.36. The molecule has 1 aromatic heterocycles. The number of aromatic amines is 1. The summed E-state index contributed by atoms with van der Waals surface area (Å²) >= 11 is 0. The molecule has 0 saturated carbocycles. The molecule has 0 aromatic carbocycles. The summed E-state index contributed by atoms with van der Waals surface area (Å²) < 4.78 is 0. The highest BCUT2D eigenvalue weighted by Crippen LogP contribution is 1.92. The van der Waals surface area contributed by atoms with E-state index in [9.17, 15) is 4.79 Å². The minimum Gasteiger partial charge on any atom is -0.341 e. The van der Waals surface area contributed by atoms with Gasteiger partial charge in [0.05, 0.1) is 12.5 Å². The first kappa shape index (κ1) is 6.76. The predicted molar refractivity (Wildman–Crippen MR) is 34.9 cm³/mol. The Morgan fingerprint density at radius 2 is 2.60 bits per heavy atom. The van der Waals surface area contributed by atoms with E-state index in [1.54, 1.807) is 0 Å². The molecular formula is C5H8N4O. The molecule has 0 aliphatic heterocycles. The summed E-state index contributed by atoms with van der Waals surface area (Å²) in [5.74, 6) is 4.88. The average Bonchev–Trinajstić information content (AvgIpc) is 2.36. The lowest BCUT2D eigenvalue weighted by molar-refractivity contribution is 0.0790. The first-order chi connectivity index (χ1) is 4.72. The second kappa shape index (κ2) is 2.49. The van der Waals surface area contributed by atoms with Gasteiger partial charge in [0.15, 0.2) is 0 Å². The number of H-pyrrole nitrogens is 1. The number of aromatic nitrogens is 2. The SMILES string of the molecule is CN(N)C(=O)c1cnc[nH]1. The van der Waals surface area contributed by atoms with Crippen molar-refractivity contribution in [1.29, 1.82) is 0 Å². The lowest BCUT2D eigenvalue weighted by Crippen LogP contribution is -2.33. The van der Waals surface area contributed by atoms with Gasteiger partial charge in [0, 0.05) is 7.05 Å². The molecule has 0 aliphatic rings. The zero-order valence-corrected chi connectivity index (χ0v) is 5.53. The van der Waals surface area contributed by atoms with Crippen LogP contribution in [0.5, 0.6) is 0 Å². The van der Waals surface area contributed by atoms with Crippen molar-refractivity contribution in [3.8, 4) is 0 Å². The van der Waals surface area contributed by atoms with E-state index in [1.165, 1.54) is 19.6 Å². The minimum atomic E-state index is -0.280. The Morgan fingerprint density at radius 1 is 1.90 bits per heavy atom. The summed E-state index contributed by atoms with van der Waals surface area (Å²) in [7, 11) is 1.48. The van der Waals surface area contributed by atoms with Crippen LogP contribution < -0.4 is 5.84 Å². The summed E-state index contributed by atoms with van der Waals surface area (Å²) in [6, 6.07) is 0. The number of carbonyl (C=O) groups excluding carboxylic acids is 1. The van der Waals surface area contributed by atoms with Crippen LogP contribution >= 0.6 is 0 Å². The van der Waals surface area contributed by atoms with E-state index in [2.05, 4.69) is 9.97 Å². The van der Waals surface area contributed by atoms with Gasteiger partial charge < -0.3 is 4.98 Å². The van der Waals surface area contributed by atoms with E-state index in [0.717, 1.165) is 5.01 Å². The fourth-order valence-corrected chi connectivity index (χ4v) is 0.563. The number of hydrogen-bond acceptors (Lipinski definition) is 3. The molecule has 0 spiro atoms. The number of imidazole rings is 1. The second-order valence-electron chi connectivity index (χ2n) is 1.88. The number of amides is 1. The van der Waals surface area contributed by atoms with Crippen molar-refractivity contribution in [3.05, 3.63) is 18.2 Å². The molecule has 1 aromatic rings. The van der Waals surface area contributed by atoms with Gasteiger partial charge in [0.25, 0.3) is 5.91 Å². The van der Waals surface area contributed by atoms with Crippen molar-refractivity contribution < 1.29 is 4.79 Å². The van der Waals surface area contributed by atoms with Gasteiger partial charge in [0.1, 0.15) is 5.69 Å². The highest BCUT2D eigenvalue weighted by atomic mass is 16.2. The zero-order valence-electron chi connectivity index (χ0n) is 5.53. The summed E-state index contributed by atoms with van der Waals surface area (Å²) in [6.45, 7) is 0. The van der Waals surface area contributed by atoms with Crippen molar-refractivity contribution >= 4 is 5.91 Å². The summed E-state index contributed by atoms with van der Waals surface area (Å²) in [6.07, 6.45) is 2.85. The number of hydrogen-bond donors (Lipinski definition) is 2. The van der Waals surface area contributed by atoms with Crippen molar-refractivity contribution in [2.45, 2.75) is 0 Å². The van der Waals surface area contributed by atoms with Gasteiger partial charge in [-0.05, 0) is 0 Å². The van der Waals surface area contributed by atoms with Crippen LogP contribution in [0.2, 0.25) is 0 Å². The van der Waals surface area contributed by atoms with Crippen LogP contribution in [-0.4, -0.2) is 27.9 Å². The minimum absolute atomic E-state index is 0.280. The zero-order chi connectivity index (χ0) is 7.56. The highest BCUT2D eigenvalue weighted by Gasteiger charge is 2.07. The van der Waals surface area contributed by atoms with Gasteiger partial charge >= 0.3 is 0 Å². The van der Waals surface area contributed by atoms with Crippen molar-refractivity contribution in [1.82, 2.24) is 15.0 Å². The van der Waals surface area contributed by atoms with Crippen LogP contribution in [0.15, 0.2) is 12.5 Å². The molecule has 0 atom stereocenters. The predicted octanol–water partition coefficient (Wildman–Crippen LogP) is -0.645. The average molecular weight is 140 g/mol. The molecule has 1 heterocycles. The van der Waals surface area contributed by atoms with Gasteiger partial charge in [-0.15, -0.1) is 0 Å². The van der Waals surface area contributed by atoms with Crippen LogP contribution in [0.25, 0.3) is 0 Å². The van der Waals surface area contributed by atoms with Crippen LogP contribution in [0.3, 0.4) is 0 Å². The van der Waals surface area contributed by atoms with E-state index in [1.807, 2.05) is 0 Å². The largest absolute Gasteiger partial charge is 0.341 e. The second-order valence-corrected chi connectivity index (χ2v) is 1.88. The third kappa shape index (κ3) is 1.14.